The van der Waals surface area contributed by atoms with Crippen LogP contribution in [0.25, 0.3) is 10.9 Å². The lowest BCUT2D eigenvalue weighted by molar-refractivity contribution is -0.119. The zero-order valence-electron chi connectivity index (χ0n) is 15.1. The van der Waals surface area contributed by atoms with E-state index in [9.17, 15) is 4.79 Å². The Balaban J connectivity index is 1.57. The van der Waals surface area contributed by atoms with Crippen LogP contribution < -0.4 is 4.74 Å². The molecular formula is C21H21BrN2O2. The number of fused-ring (bicyclic) bond motifs is 1. The van der Waals surface area contributed by atoms with Crippen molar-refractivity contribution >= 4 is 38.8 Å². The van der Waals surface area contributed by atoms with E-state index in [1.165, 1.54) is 5.56 Å². The second kappa shape index (κ2) is 7.87. The number of aryl methyl sites for hydroxylation is 3. The number of aromatic amines is 1. The zero-order valence-corrected chi connectivity index (χ0v) is 16.7. The maximum atomic E-state index is 12.1. The van der Waals surface area contributed by atoms with Crippen molar-refractivity contribution in [2.45, 2.75) is 20.8 Å². The summed E-state index contributed by atoms with van der Waals surface area (Å²) < 4.78 is 6.75. The predicted molar refractivity (Wildman–Crippen MR) is 110 cm³/mol. The third-order valence-corrected chi connectivity index (χ3v) is 4.80. The van der Waals surface area contributed by atoms with E-state index in [1.54, 1.807) is 6.21 Å². The number of hydrogen-bond acceptors (Lipinski definition) is 3. The lowest BCUT2D eigenvalue weighted by Crippen LogP contribution is -2.15. The Morgan fingerprint density at radius 3 is 2.65 bits per heavy atom. The molecule has 0 saturated carbocycles. The summed E-state index contributed by atoms with van der Waals surface area (Å²) in [5.41, 5.74) is 5.26. The van der Waals surface area contributed by atoms with Crippen molar-refractivity contribution in [2.24, 2.45) is 4.99 Å². The van der Waals surface area contributed by atoms with Gasteiger partial charge >= 0.3 is 0 Å². The van der Waals surface area contributed by atoms with Gasteiger partial charge in [-0.3, -0.25) is 9.79 Å². The summed E-state index contributed by atoms with van der Waals surface area (Å²) in [6.45, 7) is 6.17. The van der Waals surface area contributed by atoms with Crippen molar-refractivity contribution < 1.29 is 9.53 Å². The van der Waals surface area contributed by atoms with E-state index in [0.717, 1.165) is 37.8 Å². The lowest BCUT2D eigenvalue weighted by Gasteiger charge is -2.12. The molecule has 0 atom stereocenters. The van der Waals surface area contributed by atoms with Crippen LogP contribution in [0.4, 0.5) is 0 Å². The Bertz CT molecular complexity index is 966. The summed E-state index contributed by atoms with van der Waals surface area (Å²) in [7, 11) is 0. The highest BCUT2D eigenvalue weighted by Gasteiger charge is 2.08. The summed E-state index contributed by atoms with van der Waals surface area (Å²) in [5, 5.41) is 1.12. The van der Waals surface area contributed by atoms with Crippen molar-refractivity contribution in [1.29, 1.82) is 0 Å². The van der Waals surface area contributed by atoms with E-state index < -0.39 is 0 Å². The molecule has 26 heavy (non-hydrogen) atoms. The monoisotopic (exact) mass is 412 g/mol. The Morgan fingerprint density at radius 1 is 1.19 bits per heavy atom. The zero-order chi connectivity index (χ0) is 18.7. The highest BCUT2D eigenvalue weighted by Crippen LogP contribution is 2.25. The number of aliphatic imine (C=N–C) groups is 1. The molecule has 3 rings (SSSR count). The van der Waals surface area contributed by atoms with Gasteiger partial charge < -0.3 is 9.72 Å². The Morgan fingerprint density at radius 2 is 1.92 bits per heavy atom. The number of nitrogens with one attached hydrogen (secondary N) is 1. The molecule has 0 aliphatic carbocycles. The average Bonchev–Trinajstić information content (AvgIpc) is 2.94. The van der Waals surface area contributed by atoms with Crippen LogP contribution in [-0.2, 0) is 4.79 Å². The first-order valence-corrected chi connectivity index (χ1v) is 9.22. The van der Waals surface area contributed by atoms with Crippen LogP contribution >= 0.6 is 15.9 Å². The molecule has 1 aromatic heterocycles. The molecule has 4 nitrogen and oxygen atoms in total. The molecule has 0 amide bonds. The Hall–Kier alpha value is -2.40. The Kier molecular flexibility index (Phi) is 5.57. The smallest absolute Gasteiger partial charge is 0.191 e. The van der Waals surface area contributed by atoms with Crippen molar-refractivity contribution in [3.8, 4) is 5.75 Å². The van der Waals surface area contributed by atoms with Crippen molar-refractivity contribution in [3.05, 3.63) is 63.3 Å². The van der Waals surface area contributed by atoms with E-state index in [4.69, 9.17) is 4.74 Å². The fourth-order valence-corrected chi connectivity index (χ4v) is 3.49. The van der Waals surface area contributed by atoms with Crippen LogP contribution in [0.3, 0.4) is 0 Å². The molecule has 0 bridgehead atoms. The van der Waals surface area contributed by atoms with Crippen LogP contribution in [0.5, 0.6) is 5.75 Å². The summed E-state index contributed by atoms with van der Waals surface area (Å²) in [6, 6.07) is 10.1. The molecule has 0 saturated heterocycles. The topological polar surface area (TPSA) is 54.4 Å². The fraction of sp³-hybridized carbons (Fsp3) is 0.238. The number of aromatic nitrogens is 1. The van der Waals surface area contributed by atoms with Gasteiger partial charge in [-0.25, -0.2) is 0 Å². The number of ketones is 1. The second-order valence-corrected chi connectivity index (χ2v) is 7.32. The van der Waals surface area contributed by atoms with Crippen LogP contribution in [-0.4, -0.2) is 30.1 Å². The molecule has 3 aromatic rings. The van der Waals surface area contributed by atoms with Crippen LogP contribution in [0, 0.1) is 20.8 Å². The minimum absolute atomic E-state index is 0.0324. The maximum Gasteiger partial charge on any atom is 0.191 e. The van der Waals surface area contributed by atoms with Gasteiger partial charge in [0.05, 0.1) is 0 Å². The Labute approximate surface area is 161 Å². The molecule has 5 heteroatoms. The van der Waals surface area contributed by atoms with E-state index in [2.05, 4.69) is 38.0 Å². The molecule has 0 aliphatic heterocycles. The quantitative estimate of drug-likeness (QED) is 0.583. The molecule has 0 spiro atoms. The number of carbonyl (C=O) groups excluding carboxylic acids is 1. The minimum atomic E-state index is -0.0516. The van der Waals surface area contributed by atoms with E-state index in [1.807, 2.05) is 45.2 Å². The summed E-state index contributed by atoms with van der Waals surface area (Å²) in [4.78, 5) is 19.5. The van der Waals surface area contributed by atoms with Crippen molar-refractivity contribution in [1.82, 2.24) is 4.98 Å². The van der Waals surface area contributed by atoms with E-state index >= 15 is 0 Å². The highest BCUT2D eigenvalue weighted by molar-refractivity contribution is 9.10. The maximum absolute atomic E-state index is 12.1. The number of carbonyl (C=O) groups is 1. The van der Waals surface area contributed by atoms with Crippen LogP contribution in [0.2, 0.25) is 0 Å². The normalized spacial score (nSPS) is 11.4. The van der Waals surface area contributed by atoms with Gasteiger partial charge in [0, 0.05) is 27.8 Å². The highest BCUT2D eigenvalue weighted by atomic mass is 79.9. The van der Waals surface area contributed by atoms with E-state index in [-0.39, 0.29) is 18.9 Å². The fourth-order valence-electron chi connectivity index (χ4n) is 3.03. The first-order valence-electron chi connectivity index (χ1n) is 8.43. The minimum Gasteiger partial charge on any atom is -0.485 e. The van der Waals surface area contributed by atoms with E-state index in [0.29, 0.717) is 0 Å². The number of ether oxygens (including phenoxy) is 1. The van der Waals surface area contributed by atoms with Gasteiger partial charge in [-0.05, 0) is 59.5 Å². The van der Waals surface area contributed by atoms with Gasteiger partial charge in [-0.15, -0.1) is 0 Å². The molecule has 0 fully saturated rings. The largest absolute Gasteiger partial charge is 0.485 e. The molecular weight excluding hydrogens is 392 g/mol. The summed E-state index contributed by atoms with van der Waals surface area (Å²) in [6.07, 6.45) is 3.62. The number of halogens is 1. The number of rotatable bonds is 6. The summed E-state index contributed by atoms with van der Waals surface area (Å²) in [5.74, 6) is 0.736. The average molecular weight is 413 g/mol. The molecule has 1 heterocycles. The predicted octanol–water partition coefficient (Wildman–Crippen LogP) is 4.92. The van der Waals surface area contributed by atoms with Crippen molar-refractivity contribution in [2.75, 3.05) is 13.2 Å². The lowest BCUT2D eigenvalue weighted by atomic mass is 10.1. The number of nitrogens with zero attached hydrogens (tertiary/aromatic N) is 1. The molecule has 1 N–H and O–H groups in total. The molecule has 0 aliphatic rings. The SMILES string of the molecule is Cc1cc(C)c(OCC(=O)CN=Cc2ccc3c(Br)c[nH]c3c2)c(C)c1. The number of Topliss-reactive ketones (excluding diaryl/α,β-unsaturated/α-hetero) is 1. The second-order valence-electron chi connectivity index (χ2n) is 6.47. The first kappa shape index (κ1) is 18.4. The van der Waals surface area contributed by atoms with Crippen molar-refractivity contribution in [3.63, 3.8) is 0 Å². The van der Waals surface area contributed by atoms with Gasteiger partial charge in [-0.1, -0.05) is 29.8 Å². The van der Waals surface area contributed by atoms with Gasteiger partial charge in [0.2, 0.25) is 0 Å². The molecule has 0 radical (unpaired) electrons. The first-order chi connectivity index (χ1) is 12.4. The number of hydrogen-bond donors (Lipinski definition) is 1. The third-order valence-electron chi connectivity index (χ3n) is 4.15. The van der Waals surface area contributed by atoms with Crippen LogP contribution in [0.1, 0.15) is 22.3 Å². The van der Waals surface area contributed by atoms with Gasteiger partial charge in [-0.2, -0.15) is 0 Å². The van der Waals surface area contributed by atoms with Gasteiger partial charge in [0.25, 0.3) is 0 Å². The van der Waals surface area contributed by atoms with Crippen LogP contribution in [0.15, 0.2) is 46.0 Å². The molecule has 0 unspecified atom stereocenters. The van der Waals surface area contributed by atoms with Gasteiger partial charge in [0.1, 0.15) is 18.9 Å². The third kappa shape index (κ3) is 4.22. The number of benzene rings is 2. The van der Waals surface area contributed by atoms with Gasteiger partial charge in [0.15, 0.2) is 5.78 Å². The molecule has 134 valence electrons. The standard InChI is InChI=1S/C21H21BrN2O2/c1-13-6-14(2)21(15(3)7-13)26-12-17(25)10-23-9-16-4-5-18-19(22)11-24-20(18)8-16/h4-9,11,24H,10,12H2,1-3H3. The number of H-pyrrole nitrogens is 1. The molecule has 2 aromatic carbocycles. The summed E-state index contributed by atoms with van der Waals surface area (Å²) >= 11 is 3.49.